The van der Waals surface area contributed by atoms with Gasteiger partial charge in [0.1, 0.15) is 5.82 Å². The van der Waals surface area contributed by atoms with E-state index in [1.54, 1.807) is 18.2 Å². The Bertz CT molecular complexity index is 459. The molecule has 0 aliphatic rings. The molecule has 0 aromatic heterocycles. The first kappa shape index (κ1) is 8.32. The van der Waals surface area contributed by atoms with Crippen LogP contribution in [0.5, 0.6) is 0 Å². The number of fused-ring (bicyclic) bond motifs is 1. The molecule has 2 aromatic carbocycles. The largest absolute Gasteiger partial charge is 0.398 e. The van der Waals surface area contributed by atoms with Crippen LogP contribution in [0.2, 0.25) is 5.02 Å². The predicted molar refractivity (Wildman–Crippen MR) is 53.3 cm³/mol. The van der Waals surface area contributed by atoms with Crippen LogP contribution < -0.4 is 5.73 Å². The van der Waals surface area contributed by atoms with Crippen molar-refractivity contribution >= 4 is 28.1 Å². The molecular weight excluding hydrogens is 189 g/mol. The molecule has 0 heterocycles. The van der Waals surface area contributed by atoms with Crippen LogP contribution in [0.4, 0.5) is 10.1 Å². The van der Waals surface area contributed by atoms with Crippen LogP contribution >= 0.6 is 11.6 Å². The molecule has 2 N–H and O–H groups in total. The normalized spacial score (nSPS) is 10.6. The molecule has 2 rings (SSSR count). The molecule has 0 saturated heterocycles. The maximum Gasteiger partial charge on any atom is 0.132 e. The third-order valence-corrected chi connectivity index (χ3v) is 2.29. The first-order chi connectivity index (χ1) is 6.20. The van der Waals surface area contributed by atoms with E-state index in [0.29, 0.717) is 21.5 Å². The maximum atomic E-state index is 13.3. The Kier molecular flexibility index (Phi) is 1.85. The van der Waals surface area contributed by atoms with Gasteiger partial charge < -0.3 is 5.73 Å². The van der Waals surface area contributed by atoms with Gasteiger partial charge in [0.05, 0.1) is 5.02 Å². The molecule has 66 valence electrons. The summed E-state index contributed by atoms with van der Waals surface area (Å²) < 4.78 is 13.3. The number of hydrogen-bond donors (Lipinski definition) is 1. The van der Waals surface area contributed by atoms with Crippen molar-refractivity contribution in [3.8, 4) is 0 Å². The van der Waals surface area contributed by atoms with Crippen molar-refractivity contribution in [1.82, 2.24) is 0 Å². The third kappa shape index (κ3) is 1.23. The summed E-state index contributed by atoms with van der Waals surface area (Å²) in [7, 11) is 0. The van der Waals surface area contributed by atoms with E-state index in [9.17, 15) is 4.39 Å². The molecule has 0 aliphatic carbocycles. The molecular formula is C10H7ClFN. The lowest BCUT2D eigenvalue weighted by molar-refractivity contribution is 0.640. The van der Waals surface area contributed by atoms with E-state index >= 15 is 0 Å². The van der Waals surface area contributed by atoms with Gasteiger partial charge in [0, 0.05) is 16.5 Å². The summed E-state index contributed by atoms with van der Waals surface area (Å²) in [5, 5.41) is 1.44. The summed E-state index contributed by atoms with van der Waals surface area (Å²) in [6.07, 6.45) is 0. The Balaban J connectivity index is 3.00. The predicted octanol–water partition coefficient (Wildman–Crippen LogP) is 3.21. The van der Waals surface area contributed by atoms with E-state index in [1.165, 1.54) is 12.1 Å². The lowest BCUT2D eigenvalue weighted by Gasteiger charge is -2.04. The minimum absolute atomic E-state index is 0.338. The second kappa shape index (κ2) is 2.89. The van der Waals surface area contributed by atoms with Crippen LogP contribution in [-0.2, 0) is 0 Å². The Morgan fingerprint density at radius 1 is 1.15 bits per heavy atom. The third-order valence-electron chi connectivity index (χ3n) is 1.97. The number of nitrogen functional groups attached to an aromatic ring is 1. The number of nitrogens with two attached hydrogens (primary N) is 1. The van der Waals surface area contributed by atoms with Crippen molar-refractivity contribution in [2.24, 2.45) is 0 Å². The van der Waals surface area contributed by atoms with E-state index in [-0.39, 0.29) is 5.82 Å². The fraction of sp³-hybridized carbons (Fsp3) is 0. The van der Waals surface area contributed by atoms with Gasteiger partial charge in [-0.15, -0.1) is 0 Å². The fourth-order valence-electron chi connectivity index (χ4n) is 1.34. The first-order valence-corrected chi connectivity index (χ1v) is 4.20. The highest BCUT2D eigenvalue weighted by Crippen LogP contribution is 2.29. The summed E-state index contributed by atoms with van der Waals surface area (Å²) in [6.45, 7) is 0. The molecule has 0 aliphatic heterocycles. The van der Waals surface area contributed by atoms with Crippen molar-refractivity contribution < 1.29 is 4.39 Å². The Morgan fingerprint density at radius 2 is 1.92 bits per heavy atom. The van der Waals surface area contributed by atoms with Crippen LogP contribution in [0.15, 0.2) is 30.3 Å². The average Bonchev–Trinajstić information content (AvgIpc) is 2.12. The van der Waals surface area contributed by atoms with Gasteiger partial charge >= 0.3 is 0 Å². The number of halogens is 2. The Morgan fingerprint density at radius 3 is 2.62 bits per heavy atom. The van der Waals surface area contributed by atoms with Gasteiger partial charge in [-0.2, -0.15) is 0 Å². The van der Waals surface area contributed by atoms with Crippen LogP contribution in [-0.4, -0.2) is 0 Å². The van der Waals surface area contributed by atoms with Crippen molar-refractivity contribution in [2.45, 2.75) is 0 Å². The Hall–Kier alpha value is -1.28. The second-order valence-electron chi connectivity index (χ2n) is 2.80. The Labute approximate surface area is 79.9 Å². The van der Waals surface area contributed by atoms with Gasteiger partial charge in [0.2, 0.25) is 0 Å². The number of hydrogen-bond acceptors (Lipinski definition) is 1. The van der Waals surface area contributed by atoms with E-state index < -0.39 is 0 Å². The SMILES string of the molecule is Nc1ccc(F)c2c(Cl)cccc12. The fourth-order valence-corrected chi connectivity index (χ4v) is 1.61. The zero-order valence-electron chi connectivity index (χ0n) is 6.72. The van der Waals surface area contributed by atoms with Gasteiger partial charge in [-0.1, -0.05) is 23.7 Å². The van der Waals surface area contributed by atoms with Crippen LogP contribution in [0.25, 0.3) is 10.8 Å². The quantitative estimate of drug-likeness (QED) is 0.642. The van der Waals surface area contributed by atoms with Crippen LogP contribution in [0.1, 0.15) is 0 Å². The molecule has 1 nitrogen and oxygen atoms in total. The van der Waals surface area contributed by atoms with Gasteiger partial charge in [-0.05, 0) is 18.2 Å². The van der Waals surface area contributed by atoms with E-state index in [1.807, 2.05) is 0 Å². The lowest BCUT2D eigenvalue weighted by atomic mass is 10.1. The summed E-state index contributed by atoms with van der Waals surface area (Å²) in [6, 6.07) is 8.00. The second-order valence-corrected chi connectivity index (χ2v) is 3.21. The molecule has 0 atom stereocenters. The average molecular weight is 196 g/mol. The van der Waals surface area contributed by atoms with Crippen molar-refractivity contribution in [1.29, 1.82) is 0 Å². The zero-order valence-corrected chi connectivity index (χ0v) is 7.48. The zero-order chi connectivity index (χ0) is 9.42. The smallest absolute Gasteiger partial charge is 0.132 e. The highest BCUT2D eigenvalue weighted by atomic mass is 35.5. The van der Waals surface area contributed by atoms with Crippen molar-refractivity contribution in [3.05, 3.63) is 41.2 Å². The van der Waals surface area contributed by atoms with Gasteiger partial charge in [-0.25, -0.2) is 4.39 Å². The molecule has 0 spiro atoms. The first-order valence-electron chi connectivity index (χ1n) is 3.82. The summed E-state index contributed by atoms with van der Waals surface area (Å²) in [5.74, 6) is -0.338. The lowest BCUT2D eigenvalue weighted by Crippen LogP contribution is -1.89. The van der Waals surface area contributed by atoms with Crippen molar-refractivity contribution in [3.63, 3.8) is 0 Å². The van der Waals surface area contributed by atoms with Gasteiger partial charge in [0.15, 0.2) is 0 Å². The highest BCUT2D eigenvalue weighted by molar-refractivity contribution is 6.35. The summed E-state index contributed by atoms with van der Waals surface area (Å²) in [5.41, 5.74) is 6.21. The monoisotopic (exact) mass is 195 g/mol. The van der Waals surface area contributed by atoms with E-state index in [4.69, 9.17) is 17.3 Å². The van der Waals surface area contributed by atoms with Gasteiger partial charge in [0.25, 0.3) is 0 Å². The molecule has 0 fully saturated rings. The van der Waals surface area contributed by atoms with Crippen LogP contribution in [0.3, 0.4) is 0 Å². The molecule has 3 heteroatoms. The van der Waals surface area contributed by atoms with E-state index in [2.05, 4.69) is 0 Å². The molecule has 0 saturated carbocycles. The number of benzene rings is 2. The number of anilines is 1. The molecule has 0 radical (unpaired) electrons. The minimum Gasteiger partial charge on any atom is -0.398 e. The van der Waals surface area contributed by atoms with Crippen molar-refractivity contribution in [2.75, 3.05) is 5.73 Å². The highest BCUT2D eigenvalue weighted by Gasteiger charge is 2.06. The van der Waals surface area contributed by atoms with E-state index in [0.717, 1.165) is 0 Å². The minimum atomic E-state index is -0.338. The molecule has 0 amide bonds. The maximum absolute atomic E-state index is 13.3. The van der Waals surface area contributed by atoms with Crippen LogP contribution in [0, 0.1) is 5.82 Å². The topological polar surface area (TPSA) is 26.0 Å². The standard InChI is InChI=1S/C10H7ClFN/c11-7-3-1-2-6-9(13)5-4-8(12)10(6)7/h1-5H,13H2. The summed E-state index contributed by atoms with van der Waals surface area (Å²) in [4.78, 5) is 0. The molecule has 2 aromatic rings. The van der Waals surface area contributed by atoms with Gasteiger partial charge in [-0.3, -0.25) is 0 Å². The molecule has 0 bridgehead atoms. The molecule has 0 unspecified atom stereocenters. The molecule has 13 heavy (non-hydrogen) atoms. The number of rotatable bonds is 0. The summed E-state index contributed by atoms with van der Waals surface area (Å²) >= 11 is 5.84.